The predicted octanol–water partition coefficient (Wildman–Crippen LogP) is 2.35. The second kappa shape index (κ2) is 8.15. The average Bonchev–Trinajstić information content (AvgIpc) is 2.45. The number of nitro groups is 1. The smallest absolute Gasteiger partial charge is 0.273 e. The molecule has 0 saturated heterocycles. The topological polar surface area (TPSA) is 70.8 Å². The van der Waals surface area contributed by atoms with E-state index in [1.54, 1.807) is 6.07 Å². The van der Waals surface area contributed by atoms with Gasteiger partial charge in [0.2, 0.25) is 6.29 Å². The average molecular weight is 279 g/mol. The zero-order valence-electron chi connectivity index (χ0n) is 11.7. The molecule has 0 amide bonds. The van der Waals surface area contributed by atoms with Gasteiger partial charge in [-0.2, -0.15) is 0 Å². The highest BCUT2D eigenvalue weighted by Crippen LogP contribution is 2.23. The molecule has 0 aliphatic carbocycles. The quantitative estimate of drug-likeness (QED) is 0.346. The molecule has 1 aromatic rings. The predicted molar refractivity (Wildman–Crippen MR) is 73.6 cm³/mol. The number of benzene rings is 1. The summed E-state index contributed by atoms with van der Waals surface area (Å²) in [6.07, 6.45) is -0.620. The lowest BCUT2D eigenvalue weighted by Gasteiger charge is -2.09. The SMILES string of the molecule is CCOC(C#Cc1ccc([N+](=O)[O-])cc1OC)OCC. The molecule has 0 aliphatic heterocycles. The lowest BCUT2D eigenvalue weighted by Crippen LogP contribution is -2.14. The van der Waals surface area contributed by atoms with Gasteiger partial charge in [0.1, 0.15) is 5.75 Å². The second-order valence-corrected chi connectivity index (χ2v) is 3.65. The molecule has 0 aliphatic rings. The van der Waals surface area contributed by atoms with E-state index in [1.165, 1.54) is 19.2 Å². The summed E-state index contributed by atoms with van der Waals surface area (Å²) in [5, 5.41) is 10.7. The van der Waals surface area contributed by atoms with E-state index in [2.05, 4.69) is 11.8 Å². The summed E-state index contributed by atoms with van der Waals surface area (Å²) in [5.41, 5.74) is 0.501. The Bertz CT molecular complexity index is 512. The molecule has 0 heterocycles. The van der Waals surface area contributed by atoms with Crippen molar-refractivity contribution in [3.63, 3.8) is 0 Å². The minimum atomic E-state index is -0.620. The fourth-order valence-corrected chi connectivity index (χ4v) is 1.47. The number of nitro benzene ring substituents is 1. The number of non-ortho nitro benzene ring substituents is 1. The summed E-state index contributed by atoms with van der Waals surface area (Å²) in [5.74, 6) is 6.02. The Morgan fingerprint density at radius 2 is 1.95 bits per heavy atom. The number of rotatable bonds is 6. The number of hydrogen-bond acceptors (Lipinski definition) is 5. The molecule has 0 atom stereocenters. The molecule has 6 nitrogen and oxygen atoms in total. The van der Waals surface area contributed by atoms with Crippen LogP contribution in [0.15, 0.2) is 18.2 Å². The molecular weight excluding hydrogens is 262 g/mol. The first-order valence-electron chi connectivity index (χ1n) is 6.19. The molecule has 1 aromatic carbocycles. The maximum atomic E-state index is 10.7. The summed E-state index contributed by atoms with van der Waals surface area (Å²) in [7, 11) is 1.44. The van der Waals surface area contributed by atoms with E-state index in [0.29, 0.717) is 24.5 Å². The number of nitrogens with zero attached hydrogens (tertiary/aromatic N) is 1. The van der Waals surface area contributed by atoms with E-state index in [9.17, 15) is 10.1 Å². The maximum absolute atomic E-state index is 10.7. The van der Waals surface area contributed by atoms with Gasteiger partial charge in [0, 0.05) is 19.3 Å². The molecule has 0 fully saturated rings. The van der Waals surface area contributed by atoms with Crippen LogP contribution in [0.2, 0.25) is 0 Å². The van der Waals surface area contributed by atoms with E-state index in [0.717, 1.165) is 0 Å². The van der Waals surface area contributed by atoms with E-state index >= 15 is 0 Å². The van der Waals surface area contributed by atoms with Gasteiger partial charge in [-0.05, 0) is 25.8 Å². The molecule has 20 heavy (non-hydrogen) atoms. The summed E-state index contributed by atoms with van der Waals surface area (Å²) in [4.78, 5) is 10.2. The highest BCUT2D eigenvalue weighted by molar-refractivity contribution is 5.52. The Balaban J connectivity index is 2.99. The first kappa shape index (κ1) is 16.0. The van der Waals surface area contributed by atoms with Crippen molar-refractivity contribution in [2.45, 2.75) is 20.1 Å². The first-order valence-corrected chi connectivity index (χ1v) is 6.19. The minimum absolute atomic E-state index is 0.0430. The van der Waals surface area contributed by atoms with Crippen molar-refractivity contribution >= 4 is 5.69 Å². The lowest BCUT2D eigenvalue weighted by atomic mass is 10.2. The molecule has 0 aromatic heterocycles. The van der Waals surface area contributed by atoms with Crippen LogP contribution in [0.25, 0.3) is 0 Å². The van der Waals surface area contributed by atoms with Gasteiger partial charge in [0.15, 0.2) is 0 Å². The Labute approximate surface area is 117 Å². The zero-order chi connectivity index (χ0) is 15.0. The molecule has 0 saturated carbocycles. The van der Waals surface area contributed by atoms with Crippen molar-refractivity contribution < 1.29 is 19.1 Å². The number of ether oxygens (including phenoxy) is 3. The van der Waals surface area contributed by atoms with E-state index in [-0.39, 0.29) is 5.69 Å². The van der Waals surface area contributed by atoms with E-state index < -0.39 is 11.2 Å². The highest BCUT2D eigenvalue weighted by Gasteiger charge is 2.10. The van der Waals surface area contributed by atoms with Gasteiger partial charge >= 0.3 is 0 Å². The Kier molecular flexibility index (Phi) is 6.50. The van der Waals surface area contributed by atoms with Gasteiger partial charge in [-0.15, -0.1) is 0 Å². The normalized spacial score (nSPS) is 10.0. The van der Waals surface area contributed by atoms with Crippen LogP contribution in [0, 0.1) is 22.0 Å². The van der Waals surface area contributed by atoms with Crippen LogP contribution < -0.4 is 4.74 Å². The molecule has 0 N–H and O–H groups in total. The number of methoxy groups -OCH3 is 1. The van der Waals surface area contributed by atoms with E-state index in [4.69, 9.17) is 14.2 Å². The molecular formula is C14H17NO5. The largest absolute Gasteiger partial charge is 0.495 e. The highest BCUT2D eigenvalue weighted by atomic mass is 16.7. The lowest BCUT2D eigenvalue weighted by molar-refractivity contribution is -0.384. The van der Waals surface area contributed by atoms with Crippen LogP contribution in [0.4, 0.5) is 5.69 Å². The molecule has 108 valence electrons. The Morgan fingerprint density at radius 3 is 2.45 bits per heavy atom. The van der Waals surface area contributed by atoms with Crippen molar-refractivity contribution in [1.82, 2.24) is 0 Å². The van der Waals surface area contributed by atoms with Crippen molar-refractivity contribution in [3.8, 4) is 17.6 Å². The summed E-state index contributed by atoms with van der Waals surface area (Å²) in [6.45, 7) is 4.66. The second-order valence-electron chi connectivity index (χ2n) is 3.65. The van der Waals surface area contributed by atoms with Gasteiger partial charge in [-0.3, -0.25) is 10.1 Å². The van der Waals surface area contributed by atoms with Crippen LogP contribution in [0.1, 0.15) is 19.4 Å². The fourth-order valence-electron chi connectivity index (χ4n) is 1.47. The van der Waals surface area contributed by atoms with E-state index in [1.807, 2.05) is 13.8 Å². The van der Waals surface area contributed by atoms with Gasteiger partial charge in [-0.1, -0.05) is 5.92 Å². The van der Waals surface area contributed by atoms with Crippen molar-refractivity contribution in [2.75, 3.05) is 20.3 Å². The summed E-state index contributed by atoms with van der Waals surface area (Å²) >= 11 is 0. The van der Waals surface area contributed by atoms with Crippen LogP contribution in [0.3, 0.4) is 0 Å². The molecule has 0 spiro atoms. The minimum Gasteiger partial charge on any atom is -0.495 e. The maximum Gasteiger partial charge on any atom is 0.273 e. The van der Waals surface area contributed by atoms with Crippen LogP contribution in [-0.4, -0.2) is 31.5 Å². The van der Waals surface area contributed by atoms with Gasteiger partial charge < -0.3 is 14.2 Å². The van der Waals surface area contributed by atoms with Crippen LogP contribution >= 0.6 is 0 Å². The molecule has 0 radical (unpaired) electrons. The Morgan fingerprint density at radius 1 is 1.30 bits per heavy atom. The van der Waals surface area contributed by atoms with Crippen molar-refractivity contribution in [2.24, 2.45) is 0 Å². The molecule has 1 rings (SSSR count). The van der Waals surface area contributed by atoms with Crippen molar-refractivity contribution in [1.29, 1.82) is 0 Å². The van der Waals surface area contributed by atoms with Crippen molar-refractivity contribution in [3.05, 3.63) is 33.9 Å². The standard InChI is InChI=1S/C14H17NO5/c1-4-19-14(20-5-2)9-7-11-6-8-12(15(16)17)10-13(11)18-3/h6,8,10,14H,4-5H2,1-3H3. The van der Waals surface area contributed by atoms with Gasteiger partial charge in [0.05, 0.1) is 23.7 Å². The summed E-state index contributed by atoms with van der Waals surface area (Å²) in [6, 6.07) is 4.25. The monoisotopic (exact) mass is 279 g/mol. The third kappa shape index (κ3) is 4.53. The van der Waals surface area contributed by atoms with Gasteiger partial charge in [-0.25, -0.2) is 0 Å². The molecule has 6 heteroatoms. The third-order valence-electron chi connectivity index (χ3n) is 2.36. The zero-order valence-corrected chi connectivity index (χ0v) is 11.7. The van der Waals surface area contributed by atoms with Gasteiger partial charge in [0.25, 0.3) is 5.69 Å². The molecule has 0 bridgehead atoms. The van der Waals surface area contributed by atoms with Crippen LogP contribution in [0.5, 0.6) is 5.75 Å². The first-order chi connectivity index (χ1) is 9.62. The molecule has 0 unspecified atom stereocenters. The third-order valence-corrected chi connectivity index (χ3v) is 2.36. The Hall–Kier alpha value is -2.10. The fraction of sp³-hybridized carbons (Fsp3) is 0.429. The number of hydrogen-bond donors (Lipinski definition) is 0. The van der Waals surface area contributed by atoms with Crippen LogP contribution in [-0.2, 0) is 9.47 Å². The summed E-state index contributed by atoms with van der Waals surface area (Å²) < 4.78 is 15.7.